The lowest BCUT2D eigenvalue weighted by atomic mass is 10.4. The number of hydrogen-bond donors (Lipinski definition) is 1. The van der Waals surface area contributed by atoms with Gasteiger partial charge in [0.25, 0.3) is 0 Å². The van der Waals surface area contributed by atoms with E-state index in [9.17, 15) is 5.11 Å². The lowest BCUT2D eigenvalue weighted by Gasteiger charge is -2.16. The Hall–Kier alpha value is -0.610. The number of aliphatic hydroxyl groups is 1. The quantitative estimate of drug-likeness (QED) is 0.808. The molecule has 1 heterocycles. The standard InChI is InChI=1S/C9H16N2OS/c1-4-11(5-2)9-10-6-8(13-9)7(3)12/h6-7,12H,4-5H2,1-3H3. The smallest absolute Gasteiger partial charge is 0.185 e. The summed E-state index contributed by atoms with van der Waals surface area (Å²) in [6, 6.07) is 0. The van der Waals surface area contributed by atoms with Crippen LogP contribution in [0.4, 0.5) is 5.13 Å². The fourth-order valence-corrected chi connectivity index (χ4v) is 2.09. The summed E-state index contributed by atoms with van der Waals surface area (Å²) < 4.78 is 0. The number of aliphatic hydroxyl groups excluding tert-OH is 1. The average Bonchev–Trinajstić information content (AvgIpc) is 2.56. The molecule has 1 aromatic heterocycles. The van der Waals surface area contributed by atoms with Gasteiger partial charge in [-0.2, -0.15) is 0 Å². The number of rotatable bonds is 4. The lowest BCUT2D eigenvalue weighted by molar-refractivity contribution is 0.203. The molecule has 1 atom stereocenters. The molecular formula is C9H16N2OS. The molecule has 1 N–H and O–H groups in total. The number of anilines is 1. The first-order valence-electron chi connectivity index (χ1n) is 4.57. The van der Waals surface area contributed by atoms with Gasteiger partial charge in [-0.1, -0.05) is 11.3 Å². The predicted molar refractivity (Wildman–Crippen MR) is 56.3 cm³/mol. The van der Waals surface area contributed by atoms with Gasteiger partial charge >= 0.3 is 0 Å². The SMILES string of the molecule is CCN(CC)c1ncc(C(C)O)s1. The van der Waals surface area contributed by atoms with Gasteiger partial charge in [-0.3, -0.25) is 0 Å². The molecule has 0 radical (unpaired) electrons. The van der Waals surface area contributed by atoms with Crippen molar-refractivity contribution >= 4 is 16.5 Å². The number of thiazole rings is 1. The topological polar surface area (TPSA) is 36.4 Å². The molecule has 3 nitrogen and oxygen atoms in total. The molecule has 74 valence electrons. The fraction of sp³-hybridized carbons (Fsp3) is 0.667. The molecule has 0 spiro atoms. The Morgan fingerprint density at radius 2 is 2.15 bits per heavy atom. The fourth-order valence-electron chi connectivity index (χ4n) is 1.11. The van der Waals surface area contributed by atoms with Crippen molar-refractivity contribution in [1.29, 1.82) is 0 Å². The van der Waals surface area contributed by atoms with Crippen molar-refractivity contribution in [3.63, 3.8) is 0 Å². The van der Waals surface area contributed by atoms with Crippen LogP contribution in [0.5, 0.6) is 0 Å². The van der Waals surface area contributed by atoms with Crippen LogP contribution in [0.25, 0.3) is 0 Å². The van der Waals surface area contributed by atoms with Gasteiger partial charge < -0.3 is 10.0 Å². The molecule has 0 aliphatic heterocycles. The summed E-state index contributed by atoms with van der Waals surface area (Å²) >= 11 is 1.56. The van der Waals surface area contributed by atoms with Gasteiger partial charge in [0.15, 0.2) is 5.13 Å². The van der Waals surface area contributed by atoms with Crippen molar-refractivity contribution < 1.29 is 5.11 Å². The zero-order valence-electron chi connectivity index (χ0n) is 8.32. The highest BCUT2D eigenvalue weighted by molar-refractivity contribution is 7.15. The van der Waals surface area contributed by atoms with E-state index in [1.165, 1.54) is 0 Å². The summed E-state index contributed by atoms with van der Waals surface area (Å²) in [5.74, 6) is 0. The van der Waals surface area contributed by atoms with Crippen molar-refractivity contribution in [2.75, 3.05) is 18.0 Å². The van der Waals surface area contributed by atoms with E-state index in [4.69, 9.17) is 0 Å². The number of hydrogen-bond acceptors (Lipinski definition) is 4. The Bertz CT molecular complexity index is 256. The van der Waals surface area contributed by atoms with Crippen LogP contribution in [0.1, 0.15) is 31.8 Å². The number of aromatic nitrogens is 1. The van der Waals surface area contributed by atoms with Gasteiger partial charge in [0.05, 0.1) is 11.0 Å². The molecule has 0 aliphatic carbocycles. The minimum absolute atomic E-state index is 0.401. The third-order valence-corrected chi connectivity index (χ3v) is 3.19. The maximum absolute atomic E-state index is 9.32. The minimum atomic E-state index is -0.401. The third-order valence-electron chi connectivity index (χ3n) is 1.96. The van der Waals surface area contributed by atoms with E-state index in [1.807, 2.05) is 0 Å². The van der Waals surface area contributed by atoms with E-state index in [1.54, 1.807) is 24.5 Å². The van der Waals surface area contributed by atoms with E-state index in [0.717, 1.165) is 23.1 Å². The van der Waals surface area contributed by atoms with Crippen molar-refractivity contribution in [3.05, 3.63) is 11.1 Å². The molecule has 13 heavy (non-hydrogen) atoms. The van der Waals surface area contributed by atoms with Gasteiger partial charge in [0.2, 0.25) is 0 Å². The van der Waals surface area contributed by atoms with Crippen LogP contribution in [-0.2, 0) is 0 Å². The molecule has 0 amide bonds. The van der Waals surface area contributed by atoms with Crippen molar-refractivity contribution in [2.45, 2.75) is 26.9 Å². The molecule has 1 unspecified atom stereocenters. The van der Waals surface area contributed by atoms with Gasteiger partial charge in [0.1, 0.15) is 0 Å². The molecular weight excluding hydrogens is 184 g/mol. The molecule has 0 aliphatic rings. The van der Waals surface area contributed by atoms with Crippen LogP contribution in [0.3, 0.4) is 0 Å². The van der Waals surface area contributed by atoms with E-state index < -0.39 is 6.10 Å². The lowest BCUT2D eigenvalue weighted by Crippen LogP contribution is -2.21. The normalized spacial score (nSPS) is 12.9. The maximum Gasteiger partial charge on any atom is 0.185 e. The zero-order chi connectivity index (χ0) is 9.84. The summed E-state index contributed by atoms with van der Waals surface area (Å²) in [6.07, 6.45) is 1.35. The first-order valence-corrected chi connectivity index (χ1v) is 5.39. The average molecular weight is 200 g/mol. The van der Waals surface area contributed by atoms with E-state index in [-0.39, 0.29) is 0 Å². The molecule has 1 rings (SSSR count). The molecule has 0 saturated carbocycles. The van der Waals surface area contributed by atoms with Crippen LogP contribution in [0, 0.1) is 0 Å². The summed E-state index contributed by atoms with van der Waals surface area (Å²) in [5, 5.41) is 10.3. The zero-order valence-corrected chi connectivity index (χ0v) is 9.14. The van der Waals surface area contributed by atoms with E-state index in [2.05, 4.69) is 23.7 Å². The molecule has 0 aromatic carbocycles. The molecule has 1 aromatic rings. The highest BCUT2D eigenvalue weighted by atomic mass is 32.1. The summed E-state index contributed by atoms with van der Waals surface area (Å²) in [6.45, 7) is 7.89. The van der Waals surface area contributed by atoms with Crippen LogP contribution in [0.15, 0.2) is 6.20 Å². The second-order valence-corrected chi connectivity index (χ2v) is 3.93. The molecule has 4 heteroatoms. The first kappa shape index (κ1) is 10.5. The van der Waals surface area contributed by atoms with Crippen molar-refractivity contribution in [3.8, 4) is 0 Å². The van der Waals surface area contributed by atoms with Crippen molar-refractivity contribution in [2.24, 2.45) is 0 Å². The van der Waals surface area contributed by atoms with Gasteiger partial charge in [-0.25, -0.2) is 4.98 Å². The van der Waals surface area contributed by atoms with Crippen molar-refractivity contribution in [1.82, 2.24) is 4.98 Å². The Morgan fingerprint density at radius 1 is 1.54 bits per heavy atom. The highest BCUT2D eigenvalue weighted by Crippen LogP contribution is 2.26. The monoisotopic (exact) mass is 200 g/mol. The van der Waals surface area contributed by atoms with Crippen LogP contribution < -0.4 is 4.90 Å². The summed E-state index contributed by atoms with van der Waals surface area (Å²) in [5.41, 5.74) is 0. The molecule has 0 fully saturated rings. The number of nitrogens with zero attached hydrogens (tertiary/aromatic N) is 2. The second-order valence-electron chi connectivity index (χ2n) is 2.89. The largest absolute Gasteiger partial charge is 0.388 e. The Balaban J connectivity index is 2.78. The van der Waals surface area contributed by atoms with Gasteiger partial charge in [0, 0.05) is 19.3 Å². The first-order chi connectivity index (χ1) is 6.19. The van der Waals surface area contributed by atoms with Crippen LogP contribution in [0.2, 0.25) is 0 Å². The maximum atomic E-state index is 9.32. The third kappa shape index (κ3) is 2.42. The molecule has 0 bridgehead atoms. The second kappa shape index (κ2) is 4.58. The van der Waals surface area contributed by atoms with Gasteiger partial charge in [-0.15, -0.1) is 0 Å². The van der Waals surface area contributed by atoms with Crippen LogP contribution in [-0.4, -0.2) is 23.2 Å². The summed E-state index contributed by atoms with van der Waals surface area (Å²) in [4.78, 5) is 7.37. The van der Waals surface area contributed by atoms with Crippen LogP contribution >= 0.6 is 11.3 Å². The summed E-state index contributed by atoms with van der Waals surface area (Å²) in [7, 11) is 0. The molecule has 0 saturated heterocycles. The Morgan fingerprint density at radius 3 is 2.54 bits per heavy atom. The van der Waals surface area contributed by atoms with E-state index >= 15 is 0 Å². The minimum Gasteiger partial charge on any atom is -0.388 e. The highest BCUT2D eigenvalue weighted by Gasteiger charge is 2.10. The predicted octanol–water partition coefficient (Wildman–Crippen LogP) is 2.04. The Kier molecular flexibility index (Phi) is 3.69. The van der Waals surface area contributed by atoms with Gasteiger partial charge in [-0.05, 0) is 20.8 Å². The van der Waals surface area contributed by atoms with E-state index in [0.29, 0.717) is 0 Å². The Labute approximate surface area is 83.0 Å².